The Morgan fingerprint density at radius 2 is 1.88 bits per heavy atom. The Hall–Kier alpha value is -2.53. The van der Waals surface area contributed by atoms with E-state index in [2.05, 4.69) is 57.7 Å². The van der Waals surface area contributed by atoms with E-state index in [0.717, 1.165) is 43.3 Å². The Balaban J connectivity index is 1.58. The van der Waals surface area contributed by atoms with Crippen LogP contribution in [0.4, 0.5) is 0 Å². The fourth-order valence-electron chi connectivity index (χ4n) is 3.56. The van der Waals surface area contributed by atoms with Gasteiger partial charge in [-0.25, -0.2) is 14.6 Å². The van der Waals surface area contributed by atoms with Crippen LogP contribution in [0.1, 0.15) is 34.0 Å². The predicted molar refractivity (Wildman–Crippen MR) is 97.6 cm³/mol. The van der Waals surface area contributed by atoms with Gasteiger partial charge in [0, 0.05) is 54.8 Å². The van der Waals surface area contributed by atoms with Crippen molar-refractivity contribution in [3.63, 3.8) is 0 Å². The first-order valence-corrected chi connectivity index (χ1v) is 8.76. The summed E-state index contributed by atoms with van der Waals surface area (Å²) in [5.74, 6) is 0.864. The lowest BCUT2D eigenvalue weighted by molar-refractivity contribution is 0.241. The summed E-state index contributed by atoms with van der Waals surface area (Å²) >= 11 is 0. The molecule has 0 aliphatic carbocycles. The van der Waals surface area contributed by atoms with E-state index in [-0.39, 0.29) is 0 Å². The van der Waals surface area contributed by atoms with Crippen LogP contribution in [0.2, 0.25) is 0 Å². The summed E-state index contributed by atoms with van der Waals surface area (Å²) < 4.78 is 2.05. The standard InChI is InChI=1S/C20H23N5/c1-14-19(15(2)25(23-14)18-7-5-4-6-8-18)13-24-10-9-20-17(12-24)11-21-16(3)22-20/h4-8,11H,9-10,12-13H2,1-3H3. The van der Waals surface area contributed by atoms with Crippen LogP contribution in [0.5, 0.6) is 0 Å². The second-order valence-electron chi connectivity index (χ2n) is 6.75. The topological polar surface area (TPSA) is 46.8 Å². The molecular weight excluding hydrogens is 310 g/mol. The predicted octanol–water partition coefficient (Wildman–Crippen LogP) is 3.15. The number of rotatable bonds is 3. The number of benzene rings is 1. The Kier molecular flexibility index (Phi) is 4.09. The second kappa shape index (κ2) is 6.41. The number of hydrogen-bond donors (Lipinski definition) is 0. The second-order valence-corrected chi connectivity index (χ2v) is 6.75. The highest BCUT2D eigenvalue weighted by Gasteiger charge is 2.21. The minimum absolute atomic E-state index is 0.864. The van der Waals surface area contributed by atoms with Gasteiger partial charge in [0.1, 0.15) is 5.82 Å². The van der Waals surface area contributed by atoms with Crippen LogP contribution in [0.25, 0.3) is 5.69 Å². The first-order valence-electron chi connectivity index (χ1n) is 8.76. The smallest absolute Gasteiger partial charge is 0.125 e. The fourth-order valence-corrected chi connectivity index (χ4v) is 3.56. The van der Waals surface area contributed by atoms with Gasteiger partial charge >= 0.3 is 0 Å². The maximum atomic E-state index is 4.77. The van der Waals surface area contributed by atoms with E-state index in [1.165, 1.54) is 22.5 Å². The van der Waals surface area contributed by atoms with Gasteiger partial charge in [-0.1, -0.05) is 18.2 Å². The molecule has 3 heterocycles. The van der Waals surface area contributed by atoms with Gasteiger partial charge in [0.15, 0.2) is 0 Å². The summed E-state index contributed by atoms with van der Waals surface area (Å²) in [6.07, 6.45) is 2.97. The minimum Gasteiger partial charge on any atom is -0.294 e. The molecule has 0 atom stereocenters. The third kappa shape index (κ3) is 3.07. The summed E-state index contributed by atoms with van der Waals surface area (Å²) in [6, 6.07) is 10.3. The van der Waals surface area contributed by atoms with Gasteiger partial charge in [-0.05, 0) is 32.9 Å². The molecule has 0 radical (unpaired) electrons. The Morgan fingerprint density at radius 3 is 2.68 bits per heavy atom. The molecular formula is C20H23N5. The van der Waals surface area contributed by atoms with Crippen LogP contribution in [0.3, 0.4) is 0 Å². The molecule has 1 aliphatic heterocycles. The molecule has 5 heteroatoms. The minimum atomic E-state index is 0.864. The average Bonchev–Trinajstić information content (AvgIpc) is 2.91. The van der Waals surface area contributed by atoms with Gasteiger partial charge in [0.25, 0.3) is 0 Å². The maximum absolute atomic E-state index is 4.77. The zero-order valence-corrected chi connectivity index (χ0v) is 15.0. The molecule has 5 nitrogen and oxygen atoms in total. The van der Waals surface area contributed by atoms with Crippen molar-refractivity contribution in [2.45, 2.75) is 40.3 Å². The van der Waals surface area contributed by atoms with Crippen molar-refractivity contribution < 1.29 is 0 Å². The third-order valence-corrected chi connectivity index (χ3v) is 4.96. The zero-order valence-electron chi connectivity index (χ0n) is 15.0. The molecule has 0 bridgehead atoms. The summed E-state index contributed by atoms with van der Waals surface area (Å²) in [4.78, 5) is 11.4. The highest BCUT2D eigenvalue weighted by molar-refractivity contribution is 5.37. The number of nitrogens with zero attached hydrogens (tertiary/aromatic N) is 5. The van der Waals surface area contributed by atoms with E-state index >= 15 is 0 Å². The lowest BCUT2D eigenvalue weighted by Gasteiger charge is -2.28. The first-order chi connectivity index (χ1) is 12.1. The van der Waals surface area contributed by atoms with Crippen LogP contribution in [0, 0.1) is 20.8 Å². The molecule has 2 aromatic heterocycles. The van der Waals surface area contributed by atoms with Crippen molar-refractivity contribution in [1.82, 2.24) is 24.6 Å². The molecule has 0 fully saturated rings. The molecule has 0 unspecified atom stereocenters. The summed E-state index contributed by atoms with van der Waals surface area (Å²) in [5.41, 5.74) is 7.21. The largest absolute Gasteiger partial charge is 0.294 e. The van der Waals surface area contributed by atoms with Gasteiger partial charge in [-0.15, -0.1) is 0 Å². The van der Waals surface area contributed by atoms with Gasteiger partial charge in [-0.2, -0.15) is 5.10 Å². The normalized spacial score (nSPS) is 14.5. The number of fused-ring (bicyclic) bond motifs is 1. The van der Waals surface area contributed by atoms with Crippen molar-refractivity contribution in [2.75, 3.05) is 6.54 Å². The fraction of sp³-hybridized carbons (Fsp3) is 0.350. The lowest BCUT2D eigenvalue weighted by Crippen LogP contribution is -2.31. The maximum Gasteiger partial charge on any atom is 0.125 e. The van der Waals surface area contributed by atoms with E-state index in [9.17, 15) is 0 Å². The van der Waals surface area contributed by atoms with Crippen LogP contribution in [0.15, 0.2) is 36.5 Å². The quantitative estimate of drug-likeness (QED) is 0.739. The third-order valence-electron chi connectivity index (χ3n) is 4.96. The molecule has 128 valence electrons. The average molecular weight is 333 g/mol. The highest BCUT2D eigenvalue weighted by atomic mass is 15.3. The van der Waals surface area contributed by atoms with Crippen molar-refractivity contribution in [3.8, 4) is 5.69 Å². The summed E-state index contributed by atoms with van der Waals surface area (Å²) in [6.45, 7) is 9.07. The van der Waals surface area contributed by atoms with E-state index < -0.39 is 0 Å². The molecule has 0 spiro atoms. The number of aromatic nitrogens is 4. The monoisotopic (exact) mass is 333 g/mol. The molecule has 25 heavy (non-hydrogen) atoms. The molecule has 4 rings (SSSR count). The Bertz CT molecular complexity index is 898. The zero-order chi connectivity index (χ0) is 17.4. The van der Waals surface area contributed by atoms with Crippen LogP contribution >= 0.6 is 0 Å². The molecule has 1 aliphatic rings. The van der Waals surface area contributed by atoms with Crippen molar-refractivity contribution in [2.24, 2.45) is 0 Å². The van der Waals surface area contributed by atoms with Crippen molar-refractivity contribution in [1.29, 1.82) is 0 Å². The van der Waals surface area contributed by atoms with Gasteiger partial charge in [0.2, 0.25) is 0 Å². The highest BCUT2D eigenvalue weighted by Crippen LogP contribution is 2.23. The molecule has 3 aromatic rings. The Labute approximate surface area is 148 Å². The van der Waals surface area contributed by atoms with E-state index in [4.69, 9.17) is 5.10 Å². The van der Waals surface area contributed by atoms with Gasteiger partial charge in [0.05, 0.1) is 11.4 Å². The van der Waals surface area contributed by atoms with Gasteiger partial charge < -0.3 is 0 Å². The lowest BCUT2D eigenvalue weighted by atomic mass is 10.1. The van der Waals surface area contributed by atoms with E-state index in [1.54, 1.807) is 0 Å². The number of aryl methyl sites for hydroxylation is 2. The van der Waals surface area contributed by atoms with Crippen molar-refractivity contribution in [3.05, 3.63) is 70.6 Å². The van der Waals surface area contributed by atoms with Crippen LogP contribution in [-0.4, -0.2) is 31.2 Å². The molecule has 1 aromatic carbocycles. The van der Waals surface area contributed by atoms with E-state index in [1.807, 2.05) is 19.2 Å². The molecule has 0 amide bonds. The van der Waals surface area contributed by atoms with Crippen LogP contribution < -0.4 is 0 Å². The van der Waals surface area contributed by atoms with Crippen LogP contribution in [-0.2, 0) is 19.5 Å². The molecule has 0 saturated heterocycles. The Morgan fingerprint density at radius 1 is 1.08 bits per heavy atom. The molecule has 0 N–H and O–H groups in total. The SMILES string of the molecule is Cc1ncc2c(n1)CCN(Cc1c(C)nn(-c3ccccc3)c1C)C2. The van der Waals surface area contributed by atoms with E-state index in [0.29, 0.717) is 0 Å². The van der Waals surface area contributed by atoms with Gasteiger partial charge in [-0.3, -0.25) is 4.90 Å². The summed E-state index contributed by atoms with van der Waals surface area (Å²) in [7, 11) is 0. The molecule has 0 saturated carbocycles. The number of hydrogen-bond acceptors (Lipinski definition) is 4. The number of para-hydroxylation sites is 1. The van der Waals surface area contributed by atoms with Crippen molar-refractivity contribution >= 4 is 0 Å². The first kappa shape index (κ1) is 16.0. The summed E-state index contributed by atoms with van der Waals surface area (Å²) in [5, 5.41) is 4.77.